The molecule has 34 heavy (non-hydrogen) atoms. The van der Waals surface area contributed by atoms with E-state index in [1.165, 1.54) is 12.8 Å². The van der Waals surface area contributed by atoms with Crippen LogP contribution in [0.4, 0.5) is 0 Å². The molecule has 0 aliphatic carbocycles. The number of aryl methyl sites for hydroxylation is 1. The van der Waals surface area contributed by atoms with Crippen LogP contribution in [0.15, 0.2) is 53.3 Å². The summed E-state index contributed by atoms with van der Waals surface area (Å²) in [4.78, 5) is 13.6. The Labute approximate surface area is 203 Å². The van der Waals surface area contributed by atoms with E-state index >= 15 is 0 Å². The Balaban J connectivity index is 1.93. The van der Waals surface area contributed by atoms with Crippen molar-refractivity contribution in [1.82, 2.24) is 4.57 Å². The van der Waals surface area contributed by atoms with Crippen LogP contribution in [0.25, 0.3) is 10.9 Å². The van der Waals surface area contributed by atoms with Gasteiger partial charge < -0.3 is 18.8 Å². The molecule has 3 aromatic rings. The number of unbranched alkanes of at least 4 members (excludes halogenated alkanes) is 6. The van der Waals surface area contributed by atoms with Gasteiger partial charge in [-0.25, -0.2) is 0 Å². The van der Waals surface area contributed by atoms with E-state index in [-0.39, 0.29) is 5.56 Å². The van der Waals surface area contributed by atoms with Gasteiger partial charge in [-0.2, -0.15) is 0 Å². The summed E-state index contributed by atoms with van der Waals surface area (Å²) in [6.45, 7) is 6.01. The lowest BCUT2D eigenvalue weighted by Gasteiger charge is -2.18. The number of pyridine rings is 1. The molecule has 1 heterocycles. The molecule has 184 valence electrons. The van der Waals surface area contributed by atoms with E-state index in [2.05, 4.69) is 13.8 Å². The van der Waals surface area contributed by atoms with Gasteiger partial charge in [-0.15, -0.1) is 0 Å². The molecular formula is C29H39NO4. The van der Waals surface area contributed by atoms with E-state index in [1.54, 1.807) is 7.11 Å². The molecule has 0 unspecified atom stereocenters. The first-order chi connectivity index (χ1) is 16.7. The maximum absolute atomic E-state index is 13.6. The van der Waals surface area contributed by atoms with Gasteiger partial charge in [-0.3, -0.25) is 4.79 Å². The largest absolute Gasteiger partial charge is 0.492 e. The molecule has 0 radical (unpaired) electrons. The molecule has 0 fully saturated rings. The van der Waals surface area contributed by atoms with E-state index in [9.17, 15) is 4.79 Å². The zero-order valence-electron chi connectivity index (χ0n) is 21.0. The summed E-state index contributed by atoms with van der Waals surface area (Å²) >= 11 is 0. The molecule has 0 bridgehead atoms. The van der Waals surface area contributed by atoms with Crippen molar-refractivity contribution in [2.45, 2.75) is 78.4 Å². The quantitative estimate of drug-likeness (QED) is 0.224. The van der Waals surface area contributed by atoms with Crippen LogP contribution in [0.1, 0.15) is 70.8 Å². The Hall–Kier alpha value is -2.95. The highest BCUT2D eigenvalue weighted by molar-refractivity contribution is 5.89. The first-order valence-electron chi connectivity index (χ1n) is 12.7. The molecule has 0 N–H and O–H groups in total. The third-order valence-electron chi connectivity index (χ3n) is 6.08. The molecule has 1 aromatic heterocycles. The van der Waals surface area contributed by atoms with Crippen molar-refractivity contribution in [2.24, 2.45) is 0 Å². The number of rotatable bonds is 15. The van der Waals surface area contributed by atoms with E-state index in [4.69, 9.17) is 14.2 Å². The minimum atomic E-state index is -0.128. The van der Waals surface area contributed by atoms with Crippen molar-refractivity contribution in [2.75, 3.05) is 13.7 Å². The molecule has 0 amide bonds. The first-order valence-corrected chi connectivity index (χ1v) is 12.7. The minimum absolute atomic E-state index is 0.128. The standard InChI is InChI=1S/C29H39NO4/c1-4-6-8-13-19-30-26-21-24(34-22-23-15-11-10-12-16-23)17-18-25(26)27(32-3)28(29(30)31)33-20-14-9-7-5-2/h10-12,15-18,21H,4-9,13-14,19-20,22H2,1-3H3. The number of aromatic nitrogens is 1. The van der Waals surface area contributed by atoms with Crippen molar-refractivity contribution in [3.63, 3.8) is 0 Å². The Morgan fingerprint density at radius 2 is 1.53 bits per heavy atom. The monoisotopic (exact) mass is 465 g/mol. The predicted molar refractivity (Wildman–Crippen MR) is 139 cm³/mol. The van der Waals surface area contributed by atoms with Gasteiger partial charge in [-0.1, -0.05) is 82.7 Å². The maximum atomic E-state index is 13.6. The summed E-state index contributed by atoms with van der Waals surface area (Å²) in [5.74, 6) is 1.56. The van der Waals surface area contributed by atoms with Gasteiger partial charge in [0.05, 0.1) is 19.2 Å². The summed E-state index contributed by atoms with van der Waals surface area (Å²) in [5.41, 5.74) is 1.79. The van der Waals surface area contributed by atoms with Crippen LogP contribution >= 0.6 is 0 Å². The fraction of sp³-hybridized carbons (Fsp3) is 0.483. The Morgan fingerprint density at radius 3 is 2.24 bits per heavy atom. The molecular weight excluding hydrogens is 426 g/mol. The highest BCUT2D eigenvalue weighted by Gasteiger charge is 2.19. The predicted octanol–water partition coefficient (Wildman–Crippen LogP) is 7.13. The van der Waals surface area contributed by atoms with Crippen LogP contribution in [0.3, 0.4) is 0 Å². The topological polar surface area (TPSA) is 49.7 Å². The Morgan fingerprint density at radius 1 is 0.794 bits per heavy atom. The lowest BCUT2D eigenvalue weighted by molar-refractivity contribution is 0.280. The van der Waals surface area contributed by atoms with Gasteiger partial charge in [0.25, 0.3) is 5.56 Å². The average Bonchev–Trinajstić information content (AvgIpc) is 2.87. The number of methoxy groups -OCH3 is 1. The van der Waals surface area contributed by atoms with E-state index in [0.29, 0.717) is 31.3 Å². The molecule has 0 aliphatic rings. The molecule has 0 atom stereocenters. The number of ether oxygens (including phenoxy) is 3. The van der Waals surface area contributed by atoms with Crippen LogP contribution in [-0.2, 0) is 13.2 Å². The molecule has 5 heteroatoms. The zero-order valence-corrected chi connectivity index (χ0v) is 21.0. The molecule has 0 aliphatic heterocycles. The number of benzene rings is 2. The van der Waals surface area contributed by atoms with Gasteiger partial charge in [0.1, 0.15) is 12.4 Å². The van der Waals surface area contributed by atoms with Crippen molar-refractivity contribution in [3.8, 4) is 17.2 Å². The van der Waals surface area contributed by atoms with Gasteiger partial charge >= 0.3 is 0 Å². The van der Waals surface area contributed by atoms with Gasteiger partial charge in [0.2, 0.25) is 5.75 Å². The number of nitrogens with zero attached hydrogens (tertiary/aromatic N) is 1. The molecule has 0 spiro atoms. The lowest BCUT2D eigenvalue weighted by atomic mass is 10.1. The lowest BCUT2D eigenvalue weighted by Crippen LogP contribution is -2.24. The second-order valence-corrected chi connectivity index (χ2v) is 8.74. The average molecular weight is 466 g/mol. The summed E-state index contributed by atoms with van der Waals surface area (Å²) in [7, 11) is 1.60. The third-order valence-corrected chi connectivity index (χ3v) is 6.08. The fourth-order valence-corrected chi connectivity index (χ4v) is 4.16. The highest BCUT2D eigenvalue weighted by Crippen LogP contribution is 2.35. The normalized spacial score (nSPS) is 11.0. The van der Waals surface area contributed by atoms with Crippen LogP contribution in [0.2, 0.25) is 0 Å². The van der Waals surface area contributed by atoms with Crippen molar-refractivity contribution < 1.29 is 14.2 Å². The number of hydrogen-bond donors (Lipinski definition) is 0. The molecule has 5 nitrogen and oxygen atoms in total. The SMILES string of the molecule is CCCCCCOc1c(OC)c2ccc(OCc3ccccc3)cc2n(CCCCCC)c1=O. The van der Waals surface area contributed by atoms with Gasteiger partial charge in [0, 0.05) is 18.0 Å². The van der Waals surface area contributed by atoms with Gasteiger partial charge in [-0.05, 0) is 30.5 Å². The maximum Gasteiger partial charge on any atom is 0.297 e. The molecule has 3 rings (SSSR count). The summed E-state index contributed by atoms with van der Waals surface area (Å²) < 4.78 is 19.6. The molecule has 0 saturated carbocycles. The van der Waals surface area contributed by atoms with Crippen LogP contribution in [0, 0.1) is 0 Å². The van der Waals surface area contributed by atoms with Crippen molar-refractivity contribution >= 4 is 10.9 Å². The summed E-state index contributed by atoms with van der Waals surface area (Å²) in [5, 5.41) is 0.869. The third kappa shape index (κ3) is 6.78. The van der Waals surface area contributed by atoms with E-state index in [1.807, 2.05) is 53.1 Å². The second kappa shape index (κ2) is 13.7. The summed E-state index contributed by atoms with van der Waals surface area (Å²) in [6, 6.07) is 15.9. The minimum Gasteiger partial charge on any atom is -0.492 e. The zero-order chi connectivity index (χ0) is 24.2. The van der Waals surface area contributed by atoms with Crippen LogP contribution in [0.5, 0.6) is 17.2 Å². The molecule has 2 aromatic carbocycles. The Bertz CT molecular complexity index is 1070. The Kier molecular flexibility index (Phi) is 10.3. The van der Waals surface area contributed by atoms with E-state index < -0.39 is 0 Å². The highest BCUT2D eigenvalue weighted by atomic mass is 16.5. The fourth-order valence-electron chi connectivity index (χ4n) is 4.16. The van der Waals surface area contributed by atoms with Crippen LogP contribution < -0.4 is 19.8 Å². The van der Waals surface area contributed by atoms with E-state index in [0.717, 1.165) is 60.7 Å². The number of fused-ring (bicyclic) bond motifs is 1. The first kappa shape index (κ1) is 25.7. The smallest absolute Gasteiger partial charge is 0.297 e. The van der Waals surface area contributed by atoms with Crippen molar-refractivity contribution in [3.05, 3.63) is 64.4 Å². The van der Waals surface area contributed by atoms with Crippen LogP contribution in [-0.4, -0.2) is 18.3 Å². The molecule has 0 saturated heterocycles. The second-order valence-electron chi connectivity index (χ2n) is 8.74. The number of hydrogen-bond acceptors (Lipinski definition) is 4. The summed E-state index contributed by atoms with van der Waals surface area (Å²) in [6.07, 6.45) is 8.71. The van der Waals surface area contributed by atoms with Gasteiger partial charge in [0.15, 0.2) is 5.75 Å². The van der Waals surface area contributed by atoms with Crippen molar-refractivity contribution in [1.29, 1.82) is 0 Å².